The summed E-state index contributed by atoms with van der Waals surface area (Å²) in [6, 6.07) is 13.9. The van der Waals surface area contributed by atoms with Gasteiger partial charge in [0.05, 0.1) is 11.3 Å². The number of para-hydroxylation sites is 1. The van der Waals surface area contributed by atoms with Crippen molar-refractivity contribution in [3.63, 3.8) is 0 Å². The molecule has 0 aliphatic carbocycles. The number of nitrogens with one attached hydrogen (secondary N) is 1. The number of fused-ring (bicyclic) bond motifs is 1. The lowest BCUT2D eigenvalue weighted by molar-refractivity contribution is -0.110. The molecule has 0 atom stereocenters. The molecule has 1 aliphatic rings. The second-order valence-corrected chi connectivity index (χ2v) is 4.34. The minimum Gasteiger partial charge on any atom is -0.508 e. The standard InChI is InChI=1S/C15H12N2O2/c16-14(9-5-7-10(18)8-6-9)13-11-3-1-2-4-12(11)17-15(13)19/h1-8,18H,16H2,(H,17,19). The van der Waals surface area contributed by atoms with E-state index in [0.29, 0.717) is 16.8 Å². The van der Waals surface area contributed by atoms with Crippen molar-refractivity contribution in [3.8, 4) is 5.75 Å². The molecular weight excluding hydrogens is 240 g/mol. The van der Waals surface area contributed by atoms with Crippen LogP contribution in [0.25, 0.3) is 11.3 Å². The van der Waals surface area contributed by atoms with Crippen LogP contribution >= 0.6 is 0 Å². The number of hydrogen-bond donors (Lipinski definition) is 3. The summed E-state index contributed by atoms with van der Waals surface area (Å²) < 4.78 is 0. The average molecular weight is 252 g/mol. The lowest BCUT2D eigenvalue weighted by Gasteiger charge is -2.06. The van der Waals surface area contributed by atoms with Crippen LogP contribution in [-0.4, -0.2) is 11.0 Å². The van der Waals surface area contributed by atoms with Crippen molar-refractivity contribution in [2.75, 3.05) is 5.32 Å². The summed E-state index contributed by atoms with van der Waals surface area (Å²) >= 11 is 0. The fraction of sp³-hybridized carbons (Fsp3) is 0. The van der Waals surface area contributed by atoms with E-state index < -0.39 is 0 Å². The van der Waals surface area contributed by atoms with Gasteiger partial charge in [-0.05, 0) is 35.9 Å². The molecule has 1 heterocycles. The molecule has 3 rings (SSSR count). The van der Waals surface area contributed by atoms with E-state index in [1.54, 1.807) is 24.3 Å². The number of carbonyl (C=O) groups is 1. The first-order valence-corrected chi connectivity index (χ1v) is 5.87. The first-order valence-electron chi connectivity index (χ1n) is 5.87. The third-order valence-electron chi connectivity index (χ3n) is 3.12. The topological polar surface area (TPSA) is 75.4 Å². The van der Waals surface area contributed by atoms with E-state index >= 15 is 0 Å². The van der Waals surface area contributed by atoms with Crippen LogP contribution < -0.4 is 11.1 Å². The molecule has 0 bridgehead atoms. The second-order valence-electron chi connectivity index (χ2n) is 4.34. The molecule has 1 aliphatic heterocycles. The Bertz CT molecular complexity index is 688. The van der Waals surface area contributed by atoms with E-state index in [0.717, 1.165) is 11.3 Å². The van der Waals surface area contributed by atoms with E-state index in [1.807, 2.05) is 24.3 Å². The van der Waals surface area contributed by atoms with Crippen molar-refractivity contribution in [2.24, 2.45) is 5.73 Å². The van der Waals surface area contributed by atoms with E-state index in [2.05, 4.69) is 5.32 Å². The van der Waals surface area contributed by atoms with E-state index in [-0.39, 0.29) is 11.7 Å². The summed E-state index contributed by atoms with van der Waals surface area (Å²) in [4.78, 5) is 12.0. The van der Waals surface area contributed by atoms with Gasteiger partial charge in [0, 0.05) is 11.3 Å². The number of phenols is 1. The van der Waals surface area contributed by atoms with Crippen molar-refractivity contribution in [1.29, 1.82) is 0 Å². The summed E-state index contributed by atoms with van der Waals surface area (Å²) in [7, 11) is 0. The van der Waals surface area contributed by atoms with Crippen molar-refractivity contribution in [2.45, 2.75) is 0 Å². The highest BCUT2D eigenvalue weighted by molar-refractivity contribution is 6.36. The summed E-state index contributed by atoms with van der Waals surface area (Å²) in [6.07, 6.45) is 0. The molecule has 1 amide bonds. The van der Waals surface area contributed by atoms with Crippen LogP contribution in [0.5, 0.6) is 5.75 Å². The number of amides is 1. The second kappa shape index (κ2) is 4.17. The van der Waals surface area contributed by atoms with Gasteiger partial charge in [-0.3, -0.25) is 4.79 Å². The fourth-order valence-electron chi connectivity index (χ4n) is 2.17. The molecule has 0 saturated carbocycles. The molecule has 94 valence electrons. The quantitative estimate of drug-likeness (QED) is 0.681. The van der Waals surface area contributed by atoms with Crippen LogP contribution in [0.3, 0.4) is 0 Å². The molecule has 0 saturated heterocycles. The van der Waals surface area contributed by atoms with Gasteiger partial charge in [-0.25, -0.2) is 0 Å². The molecule has 0 unspecified atom stereocenters. The van der Waals surface area contributed by atoms with Crippen molar-refractivity contribution in [1.82, 2.24) is 0 Å². The van der Waals surface area contributed by atoms with E-state index in [9.17, 15) is 9.90 Å². The molecular formula is C15H12N2O2. The third-order valence-corrected chi connectivity index (χ3v) is 3.12. The van der Waals surface area contributed by atoms with E-state index in [1.165, 1.54) is 0 Å². The van der Waals surface area contributed by atoms with Gasteiger partial charge in [0.1, 0.15) is 5.75 Å². The van der Waals surface area contributed by atoms with Crippen molar-refractivity contribution < 1.29 is 9.90 Å². The average Bonchev–Trinajstić information content (AvgIpc) is 2.74. The minimum absolute atomic E-state index is 0.165. The molecule has 4 N–H and O–H groups in total. The Balaban J connectivity index is 2.17. The van der Waals surface area contributed by atoms with Crippen molar-refractivity contribution >= 4 is 22.9 Å². The zero-order valence-electron chi connectivity index (χ0n) is 10.1. The van der Waals surface area contributed by atoms with Gasteiger partial charge in [-0.2, -0.15) is 0 Å². The molecule has 19 heavy (non-hydrogen) atoms. The van der Waals surface area contributed by atoms with Gasteiger partial charge in [-0.1, -0.05) is 18.2 Å². The highest BCUT2D eigenvalue weighted by atomic mass is 16.3. The molecule has 2 aromatic rings. The van der Waals surface area contributed by atoms with Gasteiger partial charge >= 0.3 is 0 Å². The predicted octanol–water partition coefficient (Wildman–Crippen LogP) is 2.17. The number of anilines is 1. The molecule has 0 spiro atoms. The lowest BCUT2D eigenvalue weighted by atomic mass is 10.0. The van der Waals surface area contributed by atoms with Gasteiger partial charge < -0.3 is 16.2 Å². The Hall–Kier alpha value is -2.75. The van der Waals surface area contributed by atoms with Crippen LogP contribution in [-0.2, 0) is 4.79 Å². The van der Waals surface area contributed by atoms with Gasteiger partial charge in [-0.15, -0.1) is 0 Å². The maximum atomic E-state index is 12.0. The Labute approximate surface area is 110 Å². The Kier molecular flexibility index (Phi) is 2.49. The Morgan fingerprint density at radius 2 is 1.74 bits per heavy atom. The number of hydrogen-bond acceptors (Lipinski definition) is 3. The Morgan fingerprint density at radius 1 is 1.05 bits per heavy atom. The maximum Gasteiger partial charge on any atom is 0.258 e. The monoisotopic (exact) mass is 252 g/mol. The fourth-order valence-corrected chi connectivity index (χ4v) is 2.17. The van der Waals surface area contributed by atoms with Gasteiger partial charge in [0.25, 0.3) is 5.91 Å². The first-order chi connectivity index (χ1) is 9.16. The van der Waals surface area contributed by atoms with Gasteiger partial charge in [0.2, 0.25) is 0 Å². The van der Waals surface area contributed by atoms with Crippen LogP contribution in [0.1, 0.15) is 11.1 Å². The lowest BCUT2D eigenvalue weighted by Crippen LogP contribution is -2.09. The zero-order chi connectivity index (χ0) is 13.4. The Morgan fingerprint density at radius 3 is 2.47 bits per heavy atom. The summed E-state index contributed by atoms with van der Waals surface area (Å²) in [5.74, 6) is -0.0374. The van der Waals surface area contributed by atoms with Crippen molar-refractivity contribution in [3.05, 3.63) is 59.7 Å². The first kappa shape index (κ1) is 11.3. The smallest absolute Gasteiger partial charge is 0.258 e. The van der Waals surface area contributed by atoms with Crippen LogP contribution in [0.15, 0.2) is 48.5 Å². The maximum absolute atomic E-state index is 12.0. The zero-order valence-corrected chi connectivity index (χ0v) is 10.1. The van der Waals surface area contributed by atoms with E-state index in [4.69, 9.17) is 5.73 Å². The number of aromatic hydroxyl groups is 1. The number of phenolic OH excluding ortho intramolecular Hbond substituents is 1. The van der Waals surface area contributed by atoms with Gasteiger partial charge in [0.15, 0.2) is 0 Å². The highest BCUT2D eigenvalue weighted by Gasteiger charge is 2.26. The minimum atomic E-state index is -0.202. The number of carbonyl (C=O) groups excluding carboxylic acids is 1. The SMILES string of the molecule is NC(=C1C(=O)Nc2ccccc21)c1ccc(O)cc1. The molecule has 0 radical (unpaired) electrons. The van der Waals surface area contributed by atoms with Crippen LogP contribution in [0.2, 0.25) is 0 Å². The molecule has 4 heteroatoms. The molecule has 0 fully saturated rings. The highest BCUT2D eigenvalue weighted by Crippen LogP contribution is 2.34. The summed E-state index contributed by atoms with van der Waals surface area (Å²) in [5, 5.41) is 12.1. The van der Waals surface area contributed by atoms with Crippen LogP contribution in [0, 0.1) is 0 Å². The molecule has 2 aromatic carbocycles. The molecule has 4 nitrogen and oxygen atoms in total. The molecule has 0 aromatic heterocycles. The van der Waals surface area contributed by atoms with Crippen LogP contribution in [0.4, 0.5) is 5.69 Å². The third kappa shape index (κ3) is 1.83. The number of nitrogens with two attached hydrogens (primary N) is 1. The summed E-state index contributed by atoms with van der Waals surface area (Å²) in [5.41, 5.74) is 9.25. The normalized spacial score (nSPS) is 15.9. The summed E-state index contributed by atoms with van der Waals surface area (Å²) in [6.45, 7) is 0. The largest absolute Gasteiger partial charge is 0.508 e. The predicted molar refractivity (Wildman–Crippen MR) is 74.2 cm³/mol. The number of benzene rings is 2. The number of rotatable bonds is 1.